The monoisotopic (exact) mass is 449 g/mol. The van der Waals surface area contributed by atoms with Crippen LogP contribution in [0.4, 0.5) is 11.5 Å². The zero-order valence-corrected chi connectivity index (χ0v) is 18.5. The summed E-state index contributed by atoms with van der Waals surface area (Å²) in [5.41, 5.74) is 6.99. The first-order valence-corrected chi connectivity index (χ1v) is 11.0. The van der Waals surface area contributed by atoms with Crippen LogP contribution in [0.1, 0.15) is 18.3 Å². The Bertz CT molecular complexity index is 1100. The number of nitrogen functional groups attached to an aromatic ring is 1. The van der Waals surface area contributed by atoms with Crippen molar-refractivity contribution >= 4 is 36.1 Å². The smallest absolute Gasteiger partial charge is 0.370 e. The SMILES string of the molecule is [C-]#[N+]c1cn([C@H]2C=C[C@@H](COC(C(=O)OC)P(=O)(OC)OC)C2)c2nc(C)nc(N)c12. The number of anilines is 1. The molecule has 11 nitrogen and oxygen atoms in total. The number of nitrogens with zero attached hydrogens (tertiary/aromatic N) is 4. The quantitative estimate of drug-likeness (QED) is 0.279. The first-order chi connectivity index (χ1) is 14.8. The maximum Gasteiger partial charge on any atom is 0.370 e. The fourth-order valence-electron chi connectivity index (χ4n) is 3.56. The van der Waals surface area contributed by atoms with Crippen LogP contribution in [0.5, 0.6) is 0 Å². The summed E-state index contributed by atoms with van der Waals surface area (Å²) in [4.78, 5) is 24.2. The Balaban J connectivity index is 1.78. The number of hydrogen-bond donors (Lipinski definition) is 1. The largest absolute Gasteiger partial charge is 0.467 e. The lowest BCUT2D eigenvalue weighted by atomic mass is 10.1. The number of aromatic nitrogens is 3. The molecule has 0 spiro atoms. The van der Waals surface area contributed by atoms with Gasteiger partial charge in [0, 0.05) is 26.3 Å². The van der Waals surface area contributed by atoms with Crippen LogP contribution < -0.4 is 5.73 Å². The molecule has 0 saturated carbocycles. The van der Waals surface area contributed by atoms with Gasteiger partial charge in [0.15, 0.2) is 0 Å². The normalized spacial score (nSPS) is 19.5. The van der Waals surface area contributed by atoms with Crippen molar-refractivity contribution in [3.63, 3.8) is 0 Å². The fraction of sp³-hybridized carbons (Fsp3) is 0.474. The molecule has 0 amide bonds. The van der Waals surface area contributed by atoms with E-state index in [4.69, 9.17) is 26.1 Å². The molecular formula is C19H24N5O6P. The fourth-order valence-corrected chi connectivity index (χ4v) is 4.72. The summed E-state index contributed by atoms with van der Waals surface area (Å²) in [5.74, 6) is -1.64. The van der Waals surface area contributed by atoms with E-state index in [9.17, 15) is 9.36 Å². The first-order valence-electron chi connectivity index (χ1n) is 9.39. The highest BCUT2D eigenvalue weighted by Gasteiger charge is 2.42. The lowest BCUT2D eigenvalue weighted by molar-refractivity contribution is -0.150. The topological polar surface area (TPSA) is 132 Å². The predicted octanol–water partition coefficient (Wildman–Crippen LogP) is 2.99. The molecule has 3 rings (SSSR count). The van der Waals surface area contributed by atoms with E-state index in [1.54, 1.807) is 13.1 Å². The Morgan fingerprint density at radius 2 is 2.06 bits per heavy atom. The number of allylic oxidation sites excluding steroid dienone is 1. The van der Waals surface area contributed by atoms with Crippen LogP contribution >= 0.6 is 7.60 Å². The molecule has 2 aromatic heterocycles. The minimum absolute atomic E-state index is 0.0894. The second kappa shape index (κ2) is 9.16. The number of ether oxygens (including phenoxy) is 2. The van der Waals surface area contributed by atoms with Gasteiger partial charge in [0.05, 0.1) is 31.7 Å². The molecule has 0 bridgehead atoms. The van der Waals surface area contributed by atoms with Crippen LogP contribution in [-0.4, -0.2) is 54.3 Å². The third-order valence-corrected chi connectivity index (χ3v) is 7.04. The Labute approximate surface area is 179 Å². The third kappa shape index (κ3) is 4.34. The van der Waals surface area contributed by atoms with Crippen molar-refractivity contribution in [1.29, 1.82) is 0 Å². The summed E-state index contributed by atoms with van der Waals surface area (Å²) in [6, 6.07) is -0.103. The van der Waals surface area contributed by atoms with Crippen molar-refractivity contribution in [2.45, 2.75) is 25.2 Å². The second-order valence-corrected chi connectivity index (χ2v) is 9.23. The zero-order valence-electron chi connectivity index (χ0n) is 17.6. The Kier molecular flexibility index (Phi) is 6.77. The number of methoxy groups -OCH3 is 1. The van der Waals surface area contributed by atoms with Crippen molar-refractivity contribution in [1.82, 2.24) is 14.5 Å². The lowest BCUT2D eigenvalue weighted by Gasteiger charge is -2.23. The average Bonchev–Trinajstić information content (AvgIpc) is 3.37. The van der Waals surface area contributed by atoms with E-state index in [-0.39, 0.29) is 24.4 Å². The second-order valence-electron chi connectivity index (χ2n) is 6.95. The van der Waals surface area contributed by atoms with Crippen LogP contribution in [0.2, 0.25) is 0 Å². The Morgan fingerprint density at radius 3 is 2.68 bits per heavy atom. The van der Waals surface area contributed by atoms with E-state index in [1.165, 1.54) is 21.3 Å². The van der Waals surface area contributed by atoms with E-state index in [1.807, 2.05) is 16.7 Å². The average molecular weight is 449 g/mol. The molecule has 31 heavy (non-hydrogen) atoms. The molecule has 0 radical (unpaired) electrons. The molecule has 166 valence electrons. The number of hydrogen-bond acceptors (Lipinski definition) is 9. The lowest BCUT2D eigenvalue weighted by Crippen LogP contribution is -2.29. The molecule has 1 aliphatic rings. The van der Waals surface area contributed by atoms with E-state index in [0.29, 0.717) is 29.0 Å². The molecule has 1 aliphatic carbocycles. The van der Waals surface area contributed by atoms with Gasteiger partial charge < -0.3 is 28.8 Å². The molecule has 0 fully saturated rings. The van der Waals surface area contributed by atoms with E-state index < -0.39 is 19.4 Å². The van der Waals surface area contributed by atoms with Crippen LogP contribution in [-0.2, 0) is 27.9 Å². The number of nitrogens with two attached hydrogens (primary N) is 1. The molecular weight excluding hydrogens is 425 g/mol. The van der Waals surface area contributed by atoms with Gasteiger partial charge in [0.25, 0.3) is 5.85 Å². The number of fused-ring (bicyclic) bond motifs is 1. The molecule has 0 aromatic carbocycles. The first kappa shape index (κ1) is 22.9. The predicted molar refractivity (Wildman–Crippen MR) is 113 cm³/mol. The third-order valence-electron chi connectivity index (χ3n) is 5.09. The summed E-state index contributed by atoms with van der Waals surface area (Å²) in [6.45, 7) is 9.27. The van der Waals surface area contributed by atoms with Crippen molar-refractivity contribution in [2.24, 2.45) is 5.92 Å². The van der Waals surface area contributed by atoms with E-state index in [2.05, 4.69) is 19.5 Å². The summed E-state index contributed by atoms with van der Waals surface area (Å²) in [5, 5.41) is 0.528. The van der Waals surface area contributed by atoms with Gasteiger partial charge in [0.2, 0.25) is 5.69 Å². The number of esters is 1. The van der Waals surface area contributed by atoms with Gasteiger partial charge >= 0.3 is 13.6 Å². The van der Waals surface area contributed by atoms with Crippen LogP contribution in [0.25, 0.3) is 15.9 Å². The number of carbonyl (C=O) groups is 1. The highest BCUT2D eigenvalue weighted by atomic mass is 31.2. The number of carbonyl (C=O) groups excluding carboxylic acids is 1. The van der Waals surface area contributed by atoms with Crippen LogP contribution in [0.3, 0.4) is 0 Å². The number of aryl methyl sites for hydroxylation is 1. The molecule has 12 heteroatoms. The van der Waals surface area contributed by atoms with Gasteiger partial charge in [-0.2, -0.15) is 0 Å². The van der Waals surface area contributed by atoms with Crippen LogP contribution in [0.15, 0.2) is 18.3 Å². The summed E-state index contributed by atoms with van der Waals surface area (Å²) in [6.07, 6.45) is 6.22. The van der Waals surface area contributed by atoms with Gasteiger partial charge in [-0.05, 0) is 13.3 Å². The Morgan fingerprint density at radius 1 is 1.35 bits per heavy atom. The number of rotatable bonds is 8. The van der Waals surface area contributed by atoms with Crippen LogP contribution in [0, 0.1) is 19.4 Å². The van der Waals surface area contributed by atoms with Gasteiger partial charge in [-0.25, -0.2) is 19.6 Å². The highest BCUT2D eigenvalue weighted by molar-refractivity contribution is 7.55. The zero-order chi connectivity index (χ0) is 22.8. The molecule has 0 aliphatic heterocycles. The van der Waals surface area contributed by atoms with Crippen molar-refractivity contribution in [2.75, 3.05) is 33.7 Å². The van der Waals surface area contributed by atoms with Crippen molar-refractivity contribution < 1.29 is 27.9 Å². The van der Waals surface area contributed by atoms with Gasteiger partial charge in [-0.1, -0.05) is 12.2 Å². The van der Waals surface area contributed by atoms with Gasteiger partial charge in [-0.3, -0.25) is 4.57 Å². The van der Waals surface area contributed by atoms with Gasteiger partial charge in [-0.15, -0.1) is 0 Å². The Hall–Kier alpha value is -2.77. The summed E-state index contributed by atoms with van der Waals surface area (Å²) < 4.78 is 34.6. The summed E-state index contributed by atoms with van der Waals surface area (Å²) >= 11 is 0. The highest BCUT2D eigenvalue weighted by Crippen LogP contribution is 2.52. The summed E-state index contributed by atoms with van der Waals surface area (Å²) in [7, 11) is -0.306. The molecule has 0 saturated heterocycles. The van der Waals surface area contributed by atoms with Crippen molar-refractivity contribution in [3.05, 3.63) is 35.6 Å². The molecule has 3 atom stereocenters. The molecule has 1 unspecified atom stereocenters. The molecule has 2 heterocycles. The molecule has 2 N–H and O–H groups in total. The van der Waals surface area contributed by atoms with E-state index in [0.717, 1.165) is 0 Å². The maximum atomic E-state index is 12.6. The van der Waals surface area contributed by atoms with Crippen molar-refractivity contribution in [3.8, 4) is 0 Å². The minimum atomic E-state index is -3.83. The van der Waals surface area contributed by atoms with E-state index >= 15 is 0 Å². The standard InChI is InChI=1S/C19H24N5O6P/c1-11-22-16(20)15-14(21-2)9-24(17(15)23-11)13-7-6-12(8-13)10-30-19(18(25)27-3)31(26,28-4)29-5/h6-7,9,12-13,19H,8,10H2,1,3-5H3,(H2,20,22,23)/t12-,13+,19?/m1/s1. The maximum absolute atomic E-state index is 12.6. The van der Waals surface area contributed by atoms with Gasteiger partial charge in [0.1, 0.15) is 17.3 Å². The minimum Gasteiger partial charge on any atom is -0.467 e. The molecule has 2 aromatic rings.